The molecule has 0 spiro atoms. The number of benzene rings is 3. The van der Waals surface area contributed by atoms with Crippen molar-refractivity contribution in [1.29, 1.82) is 0 Å². The summed E-state index contributed by atoms with van der Waals surface area (Å²) >= 11 is 0. The summed E-state index contributed by atoms with van der Waals surface area (Å²) < 4.78 is 0. The quantitative estimate of drug-likeness (QED) is 0.695. The van der Waals surface area contributed by atoms with Crippen molar-refractivity contribution in [2.45, 2.75) is 0 Å². The molecule has 112 valence electrons. The van der Waals surface area contributed by atoms with Gasteiger partial charge in [0.25, 0.3) is 0 Å². The minimum atomic E-state index is -1.22. The summed E-state index contributed by atoms with van der Waals surface area (Å²) in [5.74, 6) is 0.227. The Labute approximate surface area is 136 Å². The molecule has 0 amide bonds. The zero-order valence-corrected chi connectivity index (χ0v) is 12.5. The summed E-state index contributed by atoms with van der Waals surface area (Å²) in [6.07, 6.45) is 4.32. The zero-order chi connectivity index (χ0) is 16.5. The fraction of sp³-hybridized carbons (Fsp3) is 0. The van der Waals surface area contributed by atoms with Crippen LogP contribution in [-0.2, 0) is 4.79 Å². The van der Waals surface area contributed by atoms with Gasteiger partial charge in [0, 0.05) is 5.92 Å². The second kappa shape index (κ2) is 8.21. The molecule has 3 aromatic rings. The maximum absolute atomic E-state index is 9.13. The van der Waals surface area contributed by atoms with E-state index in [4.69, 9.17) is 9.90 Å². The van der Waals surface area contributed by atoms with Crippen molar-refractivity contribution in [2.75, 3.05) is 0 Å². The van der Waals surface area contributed by atoms with E-state index < -0.39 is 5.97 Å². The first-order chi connectivity index (χ1) is 11.2. The maximum atomic E-state index is 9.13. The van der Waals surface area contributed by atoms with Gasteiger partial charge in [-0.1, -0.05) is 84.9 Å². The smallest absolute Gasteiger partial charge is 0.381 e. The highest BCUT2D eigenvalue weighted by Gasteiger charge is 2.05. The molecule has 0 aliphatic carbocycles. The lowest BCUT2D eigenvalue weighted by Crippen LogP contribution is -1.83. The summed E-state index contributed by atoms with van der Waals surface area (Å²) in [5, 5.41) is 7.49. The summed E-state index contributed by atoms with van der Waals surface area (Å²) in [5.41, 5.74) is 5.09. The number of hydrogen-bond donors (Lipinski definition) is 1. The average molecular weight is 300 g/mol. The molecule has 3 aromatic carbocycles. The molecular formula is C21H16O2. The Balaban J connectivity index is 0.000000338. The number of carbonyl (C=O) groups is 1. The fourth-order valence-electron chi connectivity index (χ4n) is 2.22. The van der Waals surface area contributed by atoms with E-state index >= 15 is 0 Å². The lowest BCUT2D eigenvalue weighted by molar-refractivity contribution is -0.130. The Kier molecular flexibility index (Phi) is 5.74. The highest BCUT2D eigenvalue weighted by atomic mass is 16.4. The van der Waals surface area contributed by atoms with Gasteiger partial charge in [-0.25, -0.2) is 4.79 Å². The van der Waals surface area contributed by atoms with Crippen LogP contribution in [0.1, 0.15) is 0 Å². The molecule has 0 aliphatic rings. The van der Waals surface area contributed by atoms with E-state index in [9.17, 15) is 0 Å². The molecule has 0 saturated heterocycles. The highest BCUT2D eigenvalue weighted by Crippen LogP contribution is 2.31. The Morgan fingerprint density at radius 1 is 0.696 bits per heavy atom. The number of rotatable bonds is 2. The van der Waals surface area contributed by atoms with Gasteiger partial charge in [-0.15, -0.1) is 6.42 Å². The molecule has 0 aliphatic heterocycles. The van der Waals surface area contributed by atoms with Gasteiger partial charge in [0.05, 0.1) is 0 Å². The summed E-state index contributed by atoms with van der Waals surface area (Å²) in [6, 6.07) is 29.6. The minimum Gasteiger partial charge on any atom is -0.472 e. The van der Waals surface area contributed by atoms with Gasteiger partial charge < -0.3 is 5.11 Å². The van der Waals surface area contributed by atoms with Crippen molar-refractivity contribution in [3.05, 3.63) is 84.9 Å². The van der Waals surface area contributed by atoms with Crippen molar-refractivity contribution >= 4 is 5.97 Å². The molecule has 0 heterocycles. The Hall–Kier alpha value is -3.31. The molecule has 2 nitrogen and oxygen atoms in total. The number of carboxylic acid groups (broad SMARTS) is 1. The Bertz CT molecular complexity index is 742. The first-order valence-corrected chi connectivity index (χ1v) is 7.12. The second-order valence-corrected chi connectivity index (χ2v) is 4.73. The maximum Gasteiger partial charge on any atom is 0.381 e. The SMILES string of the molecule is C#CC(=O)O.c1ccc(-c2ccccc2-c2ccccc2)cc1. The molecule has 0 unspecified atom stereocenters. The van der Waals surface area contributed by atoms with Crippen LogP contribution in [0.15, 0.2) is 84.9 Å². The molecule has 2 heteroatoms. The van der Waals surface area contributed by atoms with Gasteiger partial charge in [-0.3, -0.25) is 0 Å². The van der Waals surface area contributed by atoms with Crippen LogP contribution in [0.2, 0.25) is 0 Å². The lowest BCUT2D eigenvalue weighted by Gasteiger charge is -2.09. The van der Waals surface area contributed by atoms with Gasteiger partial charge in [0.1, 0.15) is 0 Å². The van der Waals surface area contributed by atoms with Crippen molar-refractivity contribution in [3.8, 4) is 34.6 Å². The van der Waals surface area contributed by atoms with Crippen molar-refractivity contribution in [1.82, 2.24) is 0 Å². The largest absolute Gasteiger partial charge is 0.472 e. The van der Waals surface area contributed by atoms with Crippen LogP contribution in [0, 0.1) is 12.3 Å². The molecule has 0 saturated carbocycles. The minimum absolute atomic E-state index is 1.22. The Morgan fingerprint density at radius 3 is 1.30 bits per heavy atom. The van der Waals surface area contributed by atoms with Crippen LogP contribution in [0.3, 0.4) is 0 Å². The van der Waals surface area contributed by atoms with Gasteiger partial charge >= 0.3 is 5.97 Å². The predicted molar refractivity (Wildman–Crippen MR) is 93.8 cm³/mol. The number of hydrogen-bond acceptors (Lipinski definition) is 1. The van der Waals surface area contributed by atoms with Crippen LogP contribution in [0.5, 0.6) is 0 Å². The number of aliphatic carboxylic acids is 1. The third kappa shape index (κ3) is 4.59. The fourth-order valence-corrected chi connectivity index (χ4v) is 2.22. The van der Waals surface area contributed by atoms with Crippen LogP contribution in [0.25, 0.3) is 22.3 Å². The van der Waals surface area contributed by atoms with E-state index in [0.717, 1.165) is 0 Å². The van der Waals surface area contributed by atoms with Crippen molar-refractivity contribution in [3.63, 3.8) is 0 Å². The molecule has 0 radical (unpaired) electrons. The Morgan fingerprint density at radius 2 is 1.00 bits per heavy atom. The molecular weight excluding hydrogens is 284 g/mol. The van der Waals surface area contributed by atoms with E-state index in [1.165, 1.54) is 28.2 Å². The topological polar surface area (TPSA) is 37.3 Å². The van der Waals surface area contributed by atoms with Crippen LogP contribution in [0.4, 0.5) is 0 Å². The molecule has 3 rings (SSSR count). The summed E-state index contributed by atoms with van der Waals surface area (Å²) in [7, 11) is 0. The number of carboxylic acids is 1. The van der Waals surface area contributed by atoms with Crippen molar-refractivity contribution in [2.24, 2.45) is 0 Å². The second-order valence-electron chi connectivity index (χ2n) is 4.73. The van der Waals surface area contributed by atoms with Gasteiger partial charge in [-0.2, -0.15) is 0 Å². The molecule has 0 bridgehead atoms. The first-order valence-electron chi connectivity index (χ1n) is 7.12. The van der Waals surface area contributed by atoms with Crippen molar-refractivity contribution < 1.29 is 9.90 Å². The highest BCUT2D eigenvalue weighted by molar-refractivity contribution is 5.85. The van der Waals surface area contributed by atoms with E-state index in [1.54, 1.807) is 0 Å². The van der Waals surface area contributed by atoms with E-state index in [1.807, 2.05) is 0 Å². The van der Waals surface area contributed by atoms with E-state index in [-0.39, 0.29) is 0 Å². The predicted octanol–water partition coefficient (Wildman–Crippen LogP) is 4.72. The average Bonchev–Trinajstić information content (AvgIpc) is 2.63. The monoisotopic (exact) mass is 300 g/mol. The van der Waals surface area contributed by atoms with Crippen LogP contribution in [-0.4, -0.2) is 11.1 Å². The molecule has 23 heavy (non-hydrogen) atoms. The van der Waals surface area contributed by atoms with Crippen LogP contribution >= 0.6 is 0 Å². The zero-order valence-electron chi connectivity index (χ0n) is 12.5. The standard InChI is InChI=1S/C18H14.C3H2O2/c1-3-9-15(10-4-1)17-13-7-8-14-18(17)16-11-5-2-6-12-16;1-2-3(4)5/h1-14H;1H,(H,4,5). The molecule has 0 aromatic heterocycles. The molecule has 1 N–H and O–H groups in total. The van der Waals surface area contributed by atoms with Gasteiger partial charge in [0.15, 0.2) is 0 Å². The molecule has 0 fully saturated rings. The van der Waals surface area contributed by atoms with Crippen LogP contribution < -0.4 is 0 Å². The molecule has 0 atom stereocenters. The lowest BCUT2D eigenvalue weighted by atomic mass is 9.95. The van der Waals surface area contributed by atoms with E-state index in [2.05, 4.69) is 91.4 Å². The first kappa shape index (κ1) is 16.1. The van der Waals surface area contributed by atoms with E-state index in [0.29, 0.717) is 0 Å². The summed E-state index contributed by atoms with van der Waals surface area (Å²) in [6.45, 7) is 0. The van der Waals surface area contributed by atoms with Gasteiger partial charge in [-0.05, 0) is 22.3 Å². The van der Waals surface area contributed by atoms with Gasteiger partial charge in [0.2, 0.25) is 0 Å². The third-order valence-electron chi connectivity index (χ3n) is 3.22. The normalized spacial score (nSPS) is 9.17. The third-order valence-corrected chi connectivity index (χ3v) is 3.22. The number of terminal acetylenes is 1. The summed E-state index contributed by atoms with van der Waals surface area (Å²) in [4.78, 5) is 9.13.